The number of halogens is 2. The van der Waals surface area contributed by atoms with E-state index in [0.29, 0.717) is 10.4 Å². The first kappa shape index (κ1) is 12.6. The molecule has 0 saturated heterocycles. The molecule has 0 heterocycles. The van der Waals surface area contributed by atoms with Crippen molar-refractivity contribution in [2.45, 2.75) is 37.1 Å². The molecule has 0 aliphatic heterocycles. The lowest BCUT2D eigenvalue weighted by Crippen LogP contribution is -2.38. The number of amides is 1. The summed E-state index contributed by atoms with van der Waals surface area (Å²) in [5, 5.41) is 2.89. The lowest BCUT2D eigenvalue weighted by atomic mass is 10.1. The maximum absolute atomic E-state index is 13.8. The molecule has 1 N–H and O–H groups in total. The van der Waals surface area contributed by atoms with Crippen molar-refractivity contribution in [3.05, 3.63) is 35.1 Å². The molecule has 1 aliphatic carbocycles. The number of benzene rings is 1. The van der Waals surface area contributed by atoms with Crippen LogP contribution in [-0.4, -0.2) is 16.8 Å². The van der Waals surface area contributed by atoms with Crippen LogP contribution < -0.4 is 5.32 Å². The molecule has 2 nitrogen and oxygen atoms in total. The van der Waals surface area contributed by atoms with Crippen LogP contribution in [0.4, 0.5) is 4.39 Å². The van der Waals surface area contributed by atoms with Crippen LogP contribution in [0.2, 0.25) is 0 Å². The Balaban J connectivity index is 2.12. The number of carbonyl (C=O) groups excluding carboxylic acids is 1. The van der Waals surface area contributed by atoms with E-state index >= 15 is 0 Å². The smallest absolute Gasteiger partial charge is 0.254 e. The normalized spacial score (nSPS) is 23.7. The van der Waals surface area contributed by atoms with Crippen LogP contribution in [0, 0.1) is 12.7 Å². The fourth-order valence-corrected chi connectivity index (χ4v) is 2.87. The lowest BCUT2D eigenvalue weighted by molar-refractivity contribution is 0.0934. The summed E-state index contributed by atoms with van der Waals surface area (Å²) < 4.78 is 13.8. The molecule has 4 heteroatoms. The summed E-state index contributed by atoms with van der Waals surface area (Å²) in [4.78, 5) is 12.3. The van der Waals surface area contributed by atoms with Gasteiger partial charge in [-0.15, -0.1) is 0 Å². The second-order valence-corrected chi connectivity index (χ2v) is 5.64. The molecule has 1 aromatic rings. The maximum Gasteiger partial charge on any atom is 0.254 e. The number of hydrogen-bond acceptors (Lipinski definition) is 1. The van der Waals surface area contributed by atoms with Gasteiger partial charge in [-0.25, -0.2) is 4.39 Å². The Bertz CT molecular complexity index is 435. The highest BCUT2D eigenvalue weighted by atomic mass is 79.9. The summed E-state index contributed by atoms with van der Waals surface area (Å²) in [6.07, 6.45) is 3.10. The van der Waals surface area contributed by atoms with Crippen molar-refractivity contribution in [2.24, 2.45) is 0 Å². The van der Waals surface area contributed by atoms with Crippen molar-refractivity contribution < 1.29 is 9.18 Å². The average Bonchev–Trinajstić information content (AvgIpc) is 2.68. The molecule has 0 spiro atoms. The SMILES string of the molecule is Cc1cccc(C(=O)NC2CCCC2Br)c1F. The Kier molecular flexibility index (Phi) is 3.82. The molecular weight excluding hydrogens is 285 g/mol. The monoisotopic (exact) mass is 299 g/mol. The zero-order valence-electron chi connectivity index (χ0n) is 9.67. The first-order valence-electron chi connectivity index (χ1n) is 5.79. The second kappa shape index (κ2) is 5.17. The summed E-state index contributed by atoms with van der Waals surface area (Å²) in [6, 6.07) is 5.00. The Morgan fingerprint density at radius 2 is 2.24 bits per heavy atom. The van der Waals surface area contributed by atoms with E-state index in [-0.39, 0.29) is 17.5 Å². The third-order valence-electron chi connectivity index (χ3n) is 3.18. The fraction of sp³-hybridized carbons (Fsp3) is 0.462. The maximum atomic E-state index is 13.8. The predicted octanol–water partition coefficient (Wildman–Crippen LogP) is 3.18. The predicted molar refractivity (Wildman–Crippen MR) is 69.0 cm³/mol. The molecule has 17 heavy (non-hydrogen) atoms. The molecule has 1 fully saturated rings. The molecule has 1 aliphatic rings. The lowest BCUT2D eigenvalue weighted by Gasteiger charge is -2.16. The van der Waals surface area contributed by atoms with Crippen molar-refractivity contribution in [2.75, 3.05) is 0 Å². The van der Waals surface area contributed by atoms with Gasteiger partial charge in [-0.1, -0.05) is 34.5 Å². The van der Waals surface area contributed by atoms with E-state index in [1.807, 2.05) is 0 Å². The van der Waals surface area contributed by atoms with Crippen molar-refractivity contribution in [1.29, 1.82) is 0 Å². The van der Waals surface area contributed by atoms with Gasteiger partial charge in [0.2, 0.25) is 0 Å². The molecule has 1 aromatic carbocycles. The minimum atomic E-state index is -0.422. The fourth-order valence-electron chi connectivity index (χ4n) is 2.15. The van der Waals surface area contributed by atoms with Crippen molar-refractivity contribution in [3.8, 4) is 0 Å². The molecule has 0 bridgehead atoms. The first-order chi connectivity index (χ1) is 8.09. The summed E-state index contributed by atoms with van der Waals surface area (Å²) in [5.74, 6) is -0.739. The standard InChI is InChI=1S/C13H15BrFNO/c1-8-4-2-5-9(12(8)15)13(17)16-11-7-3-6-10(11)14/h2,4-5,10-11H,3,6-7H2,1H3,(H,16,17). The van der Waals surface area contributed by atoms with Gasteiger partial charge in [0.15, 0.2) is 0 Å². The Hall–Kier alpha value is -0.900. The first-order valence-corrected chi connectivity index (χ1v) is 6.71. The Morgan fingerprint density at radius 1 is 1.47 bits per heavy atom. The van der Waals surface area contributed by atoms with Crippen molar-refractivity contribution >= 4 is 21.8 Å². The molecule has 0 radical (unpaired) electrons. The average molecular weight is 300 g/mol. The van der Waals surface area contributed by atoms with E-state index in [0.717, 1.165) is 19.3 Å². The minimum Gasteiger partial charge on any atom is -0.348 e. The molecule has 92 valence electrons. The van der Waals surface area contributed by atoms with Crippen molar-refractivity contribution in [1.82, 2.24) is 5.32 Å². The summed E-state index contributed by atoms with van der Waals surface area (Å²) in [5.41, 5.74) is 0.635. The van der Waals surface area contributed by atoms with Crippen LogP contribution in [0.3, 0.4) is 0 Å². The molecule has 2 atom stereocenters. The van der Waals surface area contributed by atoms with E-state index < -0.39 is 5.82 Å². The molecule has 1 saturated carbocycles. The third kappa shape index (κ3) is 2.68. The number of hydrogen-bond donors (Lipinski definition) is 1. The van der Waals surface area contributed by atoms with E-state index in [2.05, 4.69) is 21.2 Å². The Morgan fingerprint density at radius 3 is 2.88 bits per heavy atom. The third-order valence-corrected chi connectivity index (χ3v) is 4.28. The zero-order chi connectivity index (χ0) is 12.4. The van der Waals surface area contributed by atoms with Gasteiger partial charge >= 0.3 is 0 Å². The van der Waals surface area contributed by atoms with Crippen molar-refractivity contribution in [3.63, 3.8) is 0 Å². The van der Waals surface area contributed by atoms with E-state index in [4.69, 9.17) is 0 Å². The zero-order valence-corrected chi connectivity index (χ0v) is 11.3. The number of aryl methyl sites for hydroxylation is 1. The van der Waals surface area contributed by atoms with Crippen LogP contribution in [0.5, 0.6) is 0 Å². The van der Waals surface area contributed by atoms with Gasteiger partial charge in [0.25, 0.3) is 5.91 Å². The summed E-state index contributed by atoms with van der Waals surface area (Å²) >= 11 is 3.53. The van der Waals surface area contributed by atoms with E-state index in [1.54, 1.807) is 19.1 Å². The quantitative estimate of drug-likeness (QED) is 0.835. The van der Waals surface area contributed by atoms with Crippen LogP contribution in [0.1, 0.15) is 35.2 Å². The number of nitrogens with one attached hydrogen (secondary N) is 1. The topological polar surface area (TPSA) is 29.1 Å². The molecule has 1 amide bonds. The highest BCUT2D eigenvalue weighted by Crippen LogP contribution is 2.26. The highest BCUT2D eigenvalue weighted by Gasteiger charge is 2.27. The Labute approximate surface area is 109 Å². The molecule has 0 aromatic heterocycles. The van der Waals surface area contributed by atoms with E-state index in [9.17, 15) is 9.18 Å². The number of rotatable bonds is 2. The van der Waals surface area contributed by atoms with Crippen LogP contribution in [0.25, 0.3) is 0 Å². The van der Waals surface area contributed by atoms with Gasteiger partial charge in [-0.05, 0) is 31.4 Å². The van der Waals surface area contributed by atoms with Gasteiger partial charge in [-0.3, -0.25) is 4.79 Å². The molecule has 2 rings (SSSR count). The van der Waals surface area contributed by atoms with Gasteiger partial charge < -0.3 is 5.32 Å². The minimum absolute atomic E-state index is 0.113. The van der Waals surface area contributed by atoms with Gasteiger partial charge in [0.05, 0.1) is 5.56 Å². The van der Waals surface area contributed by atoms with Crippen LogP contribution in [0.15, 0.2) is 18.2 Å². The van der Waals surface area contributed by atoms with Crippen LogP contribution >= 0.6 is 15.9 Å². The molecular formula is C13H15BrFNO. The number of carbonyl (C=O) groups is 1. The largest absolute Gasteiger partial charge is 0.348 e. The highest BCUT2D eigenvalue weighted by molar-refractivity contribution is 9.09. The summed E-state index contributed by atoms with van der Waals surface area (Å²) in [7, 11) is 0. The number of alkyl halides is 1. The van der Waals surface area contributed by atoms with Gasteiger partial charge in [-0.2, -0.15) is 0 Å². The van der Waals surface area contributed by atoms with Gasteiger partial charge in [0.1, 0.15) is 5.82 Å². The second-order valence-electron chi connectivity index (χ2n) is 4.46. The van der Waals surface area contributed by atoms with Crippen LogP contribution in [-0.2, 0) is 0 Å². The van der Waals surface area contributed by atoms with Gasteiger partial charge in [0, 0.05) is 10.9 Å². The molecule has 2 unspecified atom stereocenters. The van der Waals surface area contributed by atoms with E-state index in [1.165, 1.54) is 6.07 Å². The summed E-state index contributed by atoms with van der Waals surface area (Å²) in [6.45, 7) is 1.66.